The van der Waals surface area contributed by atoms with Gasteiger partial charge in [0.15, 0.2) is 6.29 Å². The molecule has 0 bridgehead atoms. The molecule has 1 fully saturated rings. The molecule has 0 radical (unpaired) electrons. The van der Waals surface area contributed by atoms with Crippen molar-refractivity contribution in [1.29, 1.82) is 0 Å². The van der Waals surface area contributed by atoms with Gasteiger partial charge in [-0.25, -0.2) is 4.79 Å². The molecule has 17 heavy (non-hydrogen) atoms. The SMILES string of the molecule is CO[C@@H]1C[C@@H](C(O)O)N(C(=O)OC(C)(C)C)C1. The van der Waals surface area contributed by atoms with Crippen LogP contribution in [0, 0.1) is 0 Å². The normalized spacial score (nSPS) is 25.5. The van der Waals surface area contributed by atoms with Gasteiger partial charge in [0.25, 0.3) is 0 Å². The number of carbonyl (C=O) groups is 1. The summed E-state index contributed by atoms with van der Waals surface area (Å²) < 4.78 is 10.3. The van der Waals surface area contributed by atoms with E-state index in [4.69, 9.17) is 9.47 Å². The fourth-order valence-corrected chi connectivity index (χ4v) is 1.81. The number of aliphatic hydroxyl groups is 2. The number of aliphatic hydroxyl groups excluding tert-OH is 1. The molecule has 1 aliphatic heterocycles. The Bertz CT molecular complexity index is 274. The van der Waals surface area contributed by atoms with Crippen molar-refractivity contribution in [2.24, 2.45) is 0 Å². The molecule has 1 aliphatic rings. The molecule has 1 rings (SSSR count). The second-order valence-corrected chi connectivity index (χ2v) is 5.21. The maximum atomic E-state index is 11.9. The quantitative estimate of drug-likeness (QED) is 0.687. The van der Waals surface area contributed by atoms with Crippen LogP contribution in [-0.4, -0.2) is 58.9 Å². The van der Waals surface area contributed by atoms with Crippen LogP contribution in [0.3, 0.4) is 0 Å². The fraction of sp³-hybridized carbons (Fsp3) is 0.909. The molecule has 100 valence electrons. The molecule has 1 heterocycles. The zero-order chi connectivity index (χ0) is 13.2. The Balaban J connectivity index is 2.70. The lowest BCUT2D eigenvalue weighted by molar-refractivity contribution is -0.0917. The Morgan fingerprint density at radius 2 is 2.00 bits per heavy atom. The smallest absolute Gasteiger partial charge is 0.410 e. The first-order valence-corrected chi connectivity index (χ1v) is 5.63. The van der Waals surface area contributed by atoms with Gasteiger partial charge in [0.2, 0.25) is 0 Å². The number of methoxy groups -OCH3 is 1. The third kappa shape index (κ3) is 3.83. The average Bonchev–Trinajstić information content (AvgIpc) is 2.58. The highest BCUT2D eigenvalue weighted by atomic mass is 16.6. The van der Waals surface area contributed by atoms with E-state index < -0.39 is 24.0 Å². The van der Waals surface area contributed by atoms with E-state index in [0.29, 0.717) is 13.0 Å². The Morgan fingerprint density at radius 1 is 1.41 bits per heavy atom. The standard InChI is InChI=1S/C11H21NO5/c1-11(2,3)17-10(15)12-6-7(16-4)5-8(12)9(13)14/h7-9,13-14H,5-6H2,1-4H3/t7-,8+/m1/s1. The third-order valence-corrected chi connectivity index (χ3v) is 2.61. The van der Waals surface area contributed by atoms with E-state index in [0.717, 1.165) is 0 Å². The van der Waals surface area contributed by atoms with Crippen LogP contribution in [0.1, 0.15) is 27.2 Å². The predicted octanol–water partition coefficient (Wildman–Crippen LogP) is 0.321. The minimum Gasteiger partial charge on any atom is -0.444 e. The number of nitrogens with zero attached hydrogens (tertiary/aromatic N) is 1. The van der Waals surface area contributed by atoms with Gasteiger partial charge >= 0.3 is 6.09 Å². The lowest BCUT2D eigenvalue weighted by Gasteiger charge is -2.29. The number of hydrogen-bond acceptors (Lipinski definition) is 5. The Kier molecular flexibility index (Phi) is 4.35. The van der Waals surface area contributed by atoms with Gasteiger partial charge in [0, 0.05) is 13.5 Å². The van der Waals surface area contributed by atoms with Crippen molar-refractivity contribution in [3.63, 3.8) is 0 Å². The van der Waals surface area contributed by atoms with Crippen LogP contribution in [-0.2, 0) is 9.47 Å². The Labute approximate surface area is 101 Å². The summed E-state index contributed by atoms with van der Waals surface area (Å²) in [5.41, 5.74) is -0.604. The van der Waals surface area contributed by atoms with Gasteiger partial charge < -0.3 is 19.7 Å². The summed E-state index contributed by atoms with van der Waals surface area (Å²) in [5.74, 6) is 0. The first-order chi connectivity index (χ1) is 7.74. The minimum atomic E-state index is -1.58. The van der Waals surface area contributed by atoms with Crippen LogP contribution in [0.15, 0.2) is 0 Å². The summed E-state index contributed by atoms with van der Waals surface area (Å²) in [5, 5.41) is 18.5. The molecule has 2 N–H and O–H groups in total. The van der Waals surface area contributed by atoms with Crippen molar-refractivity contribution in [2.45, 2.75) is 51.2 Å². The number of amides is 1. The molecule has 1 amide bonds. The Morgan fingerprint density at radius 3 is 2.41 bits per heavy atom. The van der Waals surface area contributed by atoms with Crippen molar-refractivity contribution in [3.8, 4) is 0 Å². The molecule has 1 saturated heterocycles. The van der Waals surface area contributed by atoms with Gasteiger partial charge in [-0.1, -0.05) is 0 Å². The van der Waals surface area contributed by atoms with Crippen LogP contribution < -0.4 is 0 Å². The highest BCUT2D eigenvalue weighted by molar-refractivity contribution is 5.69. The lowest BCUT2D eigenvalue weighted by atomic mass is 10.2. The summed E-state index contributed by atoms with van der Waals surface area (Å²) in [6, 6.07) is -0.671. The van der Waals surface area contributed by atoms with E-state index >= 15 is 0 Å². The molecule has 6 heteroatoms. The molecule has 0 saturated carbocycles. The van der Waals surface area contributed by atoms with Gasteiger partial charge in [-0.3, -0.25) is 4.90 Å². The van der Waals surface area contributed by atoms with Crippen molar-refractivity contribution in [2.75, 3.05) is 13.7 Å². The summed E-state index contributed by atoms with van der Waals surface area (Å²) in [6.45, 7) is 5.60. The Hall–Kier alpha value is -0.850. The molecule has 0 aromatic rings. The van der Waals surface area contributed by atoms with Crippen LogP contribution in [0.25, 0.3) is 0 Å². The van der Waals surface area contributed by atoms with Crippen molar-refractivity contribution in [1.82, 2.24) is 4.90 Å². The molecular weight excluding hydrogens is 226 g/mol. The van der Waals surface area contributed by atoms with Crippen molar-refractivity contribution in [3.05, 3.63) is 0 Å². The van der Waals surface area contributed by atoms with Gasteiger partial charge in [-0.05, 0) is 20.8 Å². The highest BCUT2D eigenvalue weighted by Gasteiger charge is 2.40. The van der Waals surface area contributed by atoms with E-state index in [9.17, 15) is 15.0 Å². The molecule has 2 atom stereocenters. The number of rotatable bonds is 2. The summed E-state index contributed by atoms with van der Waals surface area (Å²) in [7, 11) is 1.53. The molecule has 0 spiro atoms. The monoisotopic (exact) mass is 247 g/mol. The van der Waals surface area contributed by atoms with Gasteiger partial charge in [0.05, 0.1) is 18.7 Å². The molecule has 0 aliphatic carbocycles. The number of likely N-dealkylation sites (tertiary alicyclic amines) is 1. The van der Waals surface area contributed by atoms with E-state index in [2.05, 4.69) is 0 Å². The fourth-order valence-electron chi connectivity index (χ4n) is 1.81. The molecule has 0 aromatic carbocycles. The van der Waals surface area contributed by atoms with Crippen molar-refractivity contribution < 1.29 is 24.5 Å². The van der Waals surface area contributed by atoms with E-state index in [1.807, 2.05) is 0 Å². The summed E-state index contributed by atoms with van der Waals surface area (Å²) in [4.78, 5) is 13.2. The third-order valence-electron chi connectivity index (χ3n) is 2.61. The van der Waals surface area contributed by atoms with Gasteiger partial charge in [-0.15, -0.1) is 0 Å². The molecule has 6 nitrogen and oxygen atoms in total. The van der Waals surface area contributed by atoms with Crippen LogP contribution in [0.5, 0.6) is 0 Å². The zero-order valence-electron chi connectivity index (χ0n) is 10.7. The van der Waals surface area contributed by atoms with E-state index in [1.165, 1.54) is 12.0 Å². The number of hydrogen-bond donors (Lipinski definition) is 2. The van der Waals surface area contributed by atoms with Crippen molar-refractivity contribution >= 4 is 6.09 Å². The second-order valence-electron chi connectivity index (χ2n) is 5.21. The molecular formula is C11H21NO5. The lowest BCUT2D eigenvalue weighted by Crippen LogP contribution is -2.45. The maximum absolute atomic E-state index is 11.9. The maximum Gasteiger partial charge on any atom is 0.410 e. The highest BCUT2D eigenvalue weighted by Crippen LogP contribution is 2.24. The van der Waals surface area contributed by atoms with E-state index in [1.54, 1.807) is 20.8 Å². The minimum absolute atomic E-state index is 0.186. The topological polar surface area (TPSA) is 79.2 Å². The molecule has 0 unspecified atom stereocenters. The van der Waals surface area contributed by atoms with Gasteiger partial charge in [0.1, 0.15) is 5.60 Å². The summed E-state index contributed by atoms with van der Waals surface area (Å²) >= 11 is 0. The average molecular weight is 247 g/mol. The number of carbonyl (C=O) groups excluding carboxylic acids is 1. The zero-order valence-corrected chi connectivity index (χ0v) is 10.7. The second kappa shape index (κ2) is 5.20. The van der Waals surface area contributed by atoms with Crippen LogP contribution in [0.4, 0.5) is 4.79 Å². The first-order valence-electron chi connectivity index (χ1n) is 5.63. The summed E-state index contributed by atoms with van der Waals surface area (Å²) in [6.07, 6.45) is -1.92. The number of ether oxygens (including phenoxy) is 2. The van der Waals surface area contributed by atoms with Crippen LogP contribution in [0.2, 0.25) is 0 Å². The predicted molar refractivity (Wildman–Crippen MR) is 60.4 cm³/mol. The largest absolute Gasteiger partial charge is 0.444 e. The van der Waals surface area contributed by atoms with E-state index in [-0.39, 0.29) is 6.10 Å². The molecule has 0 aromatic heterocycles. The van der Waals surface area contributed by atoms with Crippen LogP contribution >= 0.6 is 0 Å². The van der Waals surface area contributed by atoms with Gasteiger partial charge in [-0.2, -0.15) is 0 Å². The first kappa shape index (κ1) is 14.2.